The number of ketones is 1. The van der Waals surface area contributed by atoms with Crippen LogP contribution in [0.1, 0.15) is 64.0 Å². The fourth-order valence-corrected chi connectivity index (χ4v) is 6.76. The fraction of sp³-hybridized carbons (Fsp3) is 0.432. The summed E-state index contributed by atoms with van der Waals surface area (Å²) in [6, 6.07) is 12.4. The van der Waals surface area contributed by atoms with Crippen LogP contribution in [-0.4, -0.2) is 56.5 Å². The van der Waals surface area contributed by atoms with E-state index in [9.17, 15) is 9.59 Å². The van der Waals surface area contributed by atoms with E-state index in [4.69, 9.17) is 14.5 Å². The van der Waals surface area contributed by atoms with E-state index < -0.39 is 5.60 Å². The van der Waals surface area contributed by atoms with Crippen LogP contribution in [0.3, 0.4) is 0 Å². The molecule has 2 aliphatic carbocycles. The second-order valence-electron chi connectivity index (χ2n) is 14.2. The Bertz CT molecular complexity index is 1870. The van der Waals surface area contributed by atoms with Gasteiger partial charge < -0.3 is 19.7 Å². The average Bonchev–Trinajstić information content (AvgIpc) is 3.97. The largest absolute Gasteiger partial charge is 0.444 e. The molecule has 244 valence electrons. The number of anilines is 1. The number of rotatable bonds is 8. The number of carbonyl (C=O) groups is 2. The molecule has 0 bridgehead atoms. The maximum Gasteiger partial charge on any atom is 0.410 e. The van der Waals surface area contributed by atoms with Crippen molar-refractivity contribution in [3.8, 4) is 22.9 Å². The Balaban J connectivity index is 1.12. The van der Waals surface area contributed by atoms with E-state index in [-0.39, 0.29) is 41.5 Å². The third kappa shape index (κ3) is 6.50. The molecule has 1 N–H and O–H groups in total. The average molecular weight is 638 g/mol. The molecule has 2 aromatic carbocycles. The van der Waals surface area contributed by atoms with Gasteiger partial charge in [0.05, 0.1) is 11.3 Å². The quantitative estimate of drug-likeness (QED) is 0.210. The van der Waals surface area contributed by atoms with Crippen molar-refractivity contribution in [3.05, 3.63) is 71.8 Å². The molecule has 0 radical (unpaired) electrons. The van der Waals surface area contributed by atoms with E-state index in [1.165, 1.54) is 6.07 Å². The Hall–Kier alpha value is -4.60. The maximum atomic E-state index is 15.2. The molecular formula is C37H40FN5O4. The van der Waals surface area contributed by atoms with E-state index in [0.29, 0.717) is 52.9 Å². The lowest BCUT2D eigenvalue weighted by atomic mass is 9.96. The van der Waals surface area contributed by atoms with Gasteiger partial charge in [0.2, 0.25) is 11.8 Å². The molecule has 2 atom stereocenters. The first kappa shape index (κ1) is 31.0. The minimum Gasteiger partial charge on any atom is -0.444 e. The van der Waals surface area contributed by atoms with Crippen molar-refractivity contribution in [2.45, 2.75) is 77.9 Å². The Kier molecular flexibility index (Phi) is 7.85. The number of nitrogens with one attached hydrogen (secondary N) is 1. The molecule has 10 heteroatoms. The van der Waals surface area contributed by atoms with Crippen molar-refractivity contribution >= 4 is 28.6 Å². The van der Waals surface area contributed by atoms with Crippen LogP contribution in [0.2, 0.25) is 0 Å². The molecule has 1 saturated heterocycles. The van der Waals surface area contributed by atoms with Gasteiger partial charge >= 0.3 is 6.09 Å². The summed E-state index contributed by atoms with van der Waals surface area (Å²) in [4.78, 5) is 41.3. The molecule has 3 aliphatic rings. The molecule has 1 aliphatic heterocycles. The Morgan fingerprint density at radius 3 is 2.64 bits per heavy atom. The highest BCUT2D eigenvalue weighted by Gasteiger charge is 2.65. The zero-order valence-electron chi connectivity index (χ0n) is 27.3. The highest BCUT2D eigenvalue weighted by Crippen LogP contribution is 2.71. The van der Waals surface area contributed by atoms with E-state index in [0.717, 1.165) is 43.1 Å². The molecule has 3 fully saturated rings. The van der Waals surface area contributed by atoms with Crippen LogP contribution >= 0.6 is 0 Å². The third-order valence-corrected chi connectivity index (χ3v) is 9.53. The van der Waals surface area contributed by atoms with E-state index in [1.54, 1.807) is 29.4 Å². The number of hydrogen-bond donors (Lipinski definition) is 1. The summed E-state index contributed by atoms with van der Waals surface area (Å²) >= 11 is 0. The molecule has 0 unspecified atom stereocenters. The van der Waals surface area contributed by atoms with Crippen LogP contribution < -0.4 is 10.1 Å². The highest BCUT2D eigenvalue weighted by molar-refractivity contribution is 5.97. The van der Waals surface area contributed by atoms with Crippen LogP contribution in [-0.2, 0) is 16.0 Å². The molecule has 9 nitrogen and oxygen atoms in total. The molecule has 3 heterocycles. The third-order valence-electron chi connectivity index (χ3n) is 9.53. The van der Waals surface area contributed by atoms with Gasteiger partial charge in [0.25, 0.3) is 0 Å². The lowest BCUT2D eigenvalue weighted by Crippen LogP contribution is -2.47. The second-order valence-corrected chi connectivity index (χ2v) is 14.2. The number of fused-ring (bicyclic) bond motifs is 1. The molecule has 47 heavy (non-hydrogen) atoms. The SMILES string of the molecule is Cc1ccc2c(CC(=O)[C@H]3CC34CC4)c(F)ccc2c1Oc1ncccc1-c1ccnc(N[C@H]2CCCN(C(=O)OC(C)(C)C)C2)n1. The summed E-state index contributed by atoms with van der Waals surface area (Å²) < 4.78 is 27.3. The lowest BCUT2D eigenvalue weighted by molar-refractivity contribution is -0.120. The van der Waals surface area contributed by atoms with E-state index in [1.807, 2.05) is 52.0 Å². The molecule has 2 saturated carbocycles. The molecule has 2 aromatic heterocycles. The van der Waals surface area contributed by atoms with Crippen molar-refractivity contribution < 1.29 is 23.5 Å². The molecule has 7 rings (SSSR count). The minimum absolute atomic E-state index is 0.0364. The second kappa shape index (κ2) is 11.9. The number of carbonyl (C=O) groups excluding carboxylic acids is 2. The number of ether oxygens (including phenoxy) is 2. The van der Waals surface area contributed by atoms with Crippen molar-refractivity contribution in [1.82, 2.24) is 19.9 Å². The summed E-state index contributed by atoms with van der Waals surface area (Å²) in [5, 5.41) is 4.79. The number of pyridine rings is 1. The van der Waals surface area contributed by atoms with Gasteiger partial charge in [0.15, 0.2) is 0 Å². The first-order chi connectivity index (χ1) is 22.5. The number of aromatic nitrogens is 3. The highest BCUT2D eigenvalue weighted by atomic mass is 19.1. The monoisotopic (exact) mass is 637 g/mol. The lowest BCUT2D eigenvalue weighted by Gasteiger charge is -2.34. The Morgan fingerprint density at radius 2 is 1.87 bits per heavy atom. The molecule has 4 aromatic rings. The number of aryl methyl sites for hydroxylation is 1. The standard InChI is InChI=1S/C37H40FN5O4/c1-22-9-10-24-25(11-12-29(38)27(24)19-31(44)28-20-37(28)14-15-37)32(22)46-33-26(8-5-16-39-33)30-13-17-40-34(42-30)41-23-7-6-18-43(21-23)35(45)47-36(2,3)4/h5,8-13,16-17,23,28H,6-7,14-15,18-21H2,1-4H3,(H,40,41,42)/t23-,28+/m0/s1. The predicted molar refractivity (Wildman–Crippen MR) is 177 cm³/mol. The van der Waals surface area contributed by atoms with Crippen LogP contribution in [0.4, 0.5) is 15.1 Å². The van der Waals surface area contributed by atoms with Crippen LogP contribution in [0.5, 0.6) is 11.6 Å². The van der Waals surface area contributed by atoms with Crippen LogP contribution in [0, 0.1) is 24.1 Å². The summed E-state index contributed by atoms with van der Waals surface area (Å²) in [6.45, 7) is 8.65. The van der Waals surface area contributed by atoms with Crippen molar-refractivity contribution in [1.29, 1.82) is 0 Å². The number of halogens is 1. The Morgan fingerprint density at radius 1 is 1.06 bits per heavy atom. The fourth-order valence-electron chi connectivity index (χ4n) is 6.76. The normalized spacial score (nSPS) is 19.8. The van der Waals surface area contributed by atoms with Crippen molar-refractivity contribution in [2.75, 3.05) is 18.4 Å². The Labute approximate surface area is 273 Å². The zero-order chi connectivity index (χ0) is 32.9. The number of nitrogens with zero attached hydrogens (tertiary/aromatic N) is 4. The summed E-state index contributed by atoms with van der Waals surface area (Å²) in [7, 11) is 0. The van der Waals surface area contributed by atoms with Crippen LogP contribution in [0.25, 0.3) is 22.0 Å². The van der Waals surface area contributed by atoms with E-state index in [2.05, 4.69) is 15.3 Å². The van der Waals surface area contributed by atoms with Gasteiger partial charge in [-0.2, -0.15) is 0 Å². The van der Waals surface area contributed by atoms with Gasteiger partial charge in [-0.25, -0.2) is 24.1 Å². The number of piperidine rings is 1. The van der Waals surface area contributed by atoms with Gasteiger partial charge in [0, 0.05) is 54.8 Å². The van der Waals surface area contributed by atoms with Gasteiger partial charge in [0.1, 0.15) is 23.0 Å². The number of hydrogen-bond acceptors (Lipinski definition) is 8. The van der Waals surface area contributed by atoms with Gasteiger partial charge in [-0.15, -0.1) is 0 Å². The predicted octanol–water partition coefficient (Wildman–Crippen LogP) is 7.65. The molecular weight excluding hydrogens is 597 g/mol. The summed E-state index contributed by atoms with van der Waals surface area (Å²) in [6.07, 6.45) is 7.96. The molecule has 1 amide bonds. The number of likely N-dealkylation sites (tertiary alicyclic amines) is 1. The molecule has 1 spiro atoms. The zero-order valence-corrected chi connectivity index (χ0v) is 27.3. The minimum atomic E-state index is -0.559. The first-order valence-corrected chi connectivity index (χ1v) is 16.4. The van der Waals surface area contributed by atoms with Crippen LogP contribution in [0.15, 0.2) is 54.9 Å². The van der Waals surface area contributed by atoms with E-state index >= 15 is 4.39 Å². The topological polar surface area (TPSA) is 107 Å². The van der Waals surface area contributed by atoms with Crippen molar-refractivity contribution in [2.24, 2.45) is 11.3 Å². The van der Waals surface area contributed by atoms with Gasteiger partial charge in [-0.05, 0) is 106 Å². The number of amides is 1. The summed E-state index contributed by atoms with van der Waals surface area (Å²) in [5.74, 6) is 1.16. The number of Topliss-reactive ketones (excluding diaryl/α,β-unsaturated/α-hetero) is 1. The summed E-state index contributed by atoms with van der Waals surface area (Å²) in [5.41, 5.74) is 2.21. The van der Waals surface area contributed by atoms with Gasteiger partial charge in [-0.3, -0.25) is 4.79 Å². The smallest absolute Gasteiger partial charge is 0.410 e. The van der Waals surface area contributed by atoms with Gasteiger partial charge in [-0.1, -0.05) is 12.1 Å². The first-order valence-electron chi connectivity index (χ1n) is 16.4. The van der Waals surface area contributed by atoms with Crippen molar-refractivity contribution in [3.63, 3.8) is 0 Å². The number of benzene rings is 2. The maximum absolute atomic E-state index is 15.2.